The van der Waals surface area contributed by atoms with Crippen molar-refractivity contribution in [3.8, 4) is 0 Å². The number of nitrogens with zero attached hydrogens (tertiary/aromatic N) is 1. The zero-order valence-corrected chi connectivity index (χ0v) is 14.0. The smallest absolute Gasteiger partial charge is 0.157 e. The molecule has 0 saturated heterocycles. The lowest BCUT2D eigenvalue weighted by molar-refractivity contribution is 0.625. The van der Waals surface area contributed by atoms with E-state index in [1.807, 2.05) is 0 Å². The fraction of sp³-hybridized carbons (Fsp3) is 0.143. The molecule has 0 spiro atoms. The van der Waals surface area contributed by atoms with Gasteiger partial charge in [0.1, 0.15) is 0 Å². The molecule has 0 saturated carbocycles. The van der Waals surface area contributed by atoms with Crippen molar-refractivity contribution in [3.05, 3.63) is 77.9 Å². The van der Waals surface area contributed by atoms with Gasteiger partial charge in [-0.1, -0.05) is 54.6 Å². The minimum atomic E-state index is -0.338. The first-order chi connectivity index (χ1) is 11.7. The minimum Gasteiger partial charge on any atom is -0.352 e. The number of rotatable bonds is 3. The number of aromatic nitrogens is 1. The molecule has 0 aliphatic carbocycles. The highest BCUT2D eigenvalue weighted by Gasteiger charge is 2.15. The average Bonchev–Trinajstić information content (AvgIpc) is 2.93. The van der Waals surface area contributed by atoms with Crippen molar-refractivity contribution in [2.24, 2.45) is 5.73 Å². The zero-order valence-electron chi connectivity index (χ0n) is 14.0. The Balaban J connectivity index is 1.89. The van der Waals surface area contributed by atoms with Gasteiger partial charge in [0.15, 0.2) is 6.29 Å². The summed E-state index contributed by atoms with van der Waals surface area (Å²) < 4.78 is 2.18. The van der Waals surface area contributed by atoms with Crippen LogP contribution in [0, 0.1) is 13.8 Å². The number of hydrogen-bond donors (Lipinski definition) is 2. The summed E-state index contributed by atoms with van der Waals surface area (Å²) in [6.07, 6.45) is -0.338. The van der Waals surface area contributed by atoms with Crippen LogP contribution in [0.4, 0.5) is 5.69 Å². The maximum absolute atomic E-state index is 6.59. The van der Waals surface area contributed by atoms with Gasteiger partial charge in [0.25, 0.3) is 0 Å². The second-order valence-electron chi connectivity index (χ2n) is 6.26. The fourth-order valence-electron chi connectivity index (χ4n) is 3.51. The molecule has 0 bridgehead atoms. The maximum Gasteiger partial charge on any atom is 0.157 e. The molecule has 4 aromatic rings. The van der Waals surface area contributed by atoms with Crippen LogP contribution >= 0.6 is 0 Å². The first kappa shape index (κ1) is 14.8. The predicted octanol–water partition coefficient (Wildman–Crippen LogP) is 4.94. The molecule has 0 fully saturated rings. The standard InChI is InChI=1S/C21H21N3/c1-14-8-7-9-15(2)20(14)23-21(22)24-18-12-5-3-10-16(18)17-11-4-6-13-19(17)24/h3-13,21,23H,22H2,1-2H3. The van der Waals surface area contributed by atoms with Crippen LogP contribution in [0.3, 0.4) is 0 Å². The van der Waals surface area contributed by atoms with E-state index in [0.717, 1.165) is 16.7 Å². The summed E-state index contributed by atoms with van der Waals surface area (Å²) >= 11 is 0. The lowest BCUT2D eigenvalue weighted by Gasteiger charge is -2.22. The molecule has 4 rings (SSSR count). The second-order valence-corrected chi connectivity index (χ2v) is 6.26. The SMILES string of the molecule is Cc1cccc(C)c1NC(N)n1c2ccccc2c2ccccc21. The Labute approximate surface area is 141 Å². The van der Waals surface area contributed by atoms with Crippen LogP contribution in [0.1, 0.15) is 17.4 Å². The normalized spacial score (nSPS) is 12.6. The highest BCUT2D eigenvalue weighted by Crippen LogP contribution is 2.31. The van der Waals surface area contributed by atoms with Crippen molar-refractivity contribution in [2.75, 3.05) is 5.32 Å². The summed E-state index contributed by atoms with van der Waals surface area (Å²) in [5, 5.41) is 5.96. The van der Waals surface area contributed by atoms with Gasteiger partial charge >= 0.3 is 0 Å². The van der Waals surface area contributed by atoms with Gasteiger partial charge in [-0.25, -0.2) is 0 Å². The highest BCUT2D eigenvalue weighted by atomic mass is 15.3. The highest BCUT2D eigenvalue weighted by molar-refractivity contribution is 6.08. The molecular formula is C21H21N3. The van der Waals surface area contributed by atoms with Gasteiger partial charge in [-0.2, -0.15) is 0 Å². The second kappa shape index (κ2) is 5.69. The van der Waals surface area contributed by atoms with Crippen molar-refractivity contribution in [3.63, 3.8) is 0 Å². The Morgan fingerprint density at radius 3 is 1.79 bits per heavy atom. The van der Waals surface area contributed by atoms with Crippen LogP contribution in [-0.4, -0.2) is 4.57 Å². The molecule has 1 unspecified atom stereocenters. The van der Waals surface area contributed by atoms with Crippen LogP contribution in [-0.2, 0) is 0 Å². The summed E-state index contributed by atoms with van der Waals surface area (Å²) in [5.41, 5.74) is 12.4. The van der Waals surface area contributed by atoms with Gasteiger partial charge in [-0.3, -0.25) is 5.73 Å². The van der Waals surface area contributed by atoms with Crippen LogP contribution < -0.4 is 11.1 Å². The van der Waals surface area contributed by atoms with E-state index in [1.165, 1.54) is 21.9 Å². The van der Waals surface area contributed by atoms with Gasteiger partial charge in [-0.15, -0.1) is 0 Å². The van der Waals surface area contributed by atoms with E-state index in [-0.39, 0.29) is 6.29 Å². The molecule has 3 aromatic carbocycles. The number of nitrogens with two attached hydrogens (primary N) is 1. The molecule has 3 heteroatoms. The number of nitrogens with one attached hydrogen (secondary N) is 1. The summed E-state index contributed by atoms with van der Waals surface area (Å²) in [5.74, 6) is 0. The average molecular weight is 315 g/mol. The molecular weight excluding hydrogens is 294 g/mol. The maximum atomic E-state index is 6.59. The topological polar surface area (TPSA) is 43.0 Å². The number of benzene rings is 3. The quantitative estimate of drug-likeness (QED) is 0.526. The van der Waals surface area contributed by atoms with Crippen molar-refractivity contribution >= 4 is 27.5 Å². The Kier molecular flexibility index (Phi) is 3.51. The van der Waals surface area contributed by atoms with E-state index < -0.39 is 0 Å². The number of aryl methyl sites for hydroxylation is 2. The summed E-state index contributed by atoms with van der Waals surface area (Å²) in [4.78, 5) is 0. The van der Waals surface area contributed by atoms with Crippen LogP contribution in [0.15, 0.2) is 66.7 Å². The number of para-hydroxylation sites is 3. The minimum absolute atomic E-state index is 0.338. The zero-order chi connectivity index (χ0) is 16.7. The Morgan fingerprint density at radius 1 is 0.750 bits per heavy atom. The molecule has 24 heavy (non-hydrogen) atoms. The Hall–Kier alpha value is -2.78. The van der Waals surface area contributed by atoms with Gasteiger partial charge in [-0.05, 0) is 37.1 Å². The third kappa shape index (κ3) is 2.25. The van der Waals surface area contributed by atoms with Crippen molar-refractivity contribution in [1.29, 1.82) is 0 Å². The molecule has 0 aliphatic heterocycles. The van der Waals surface area contributed by atoms with Crippen LogP contribution in [0.2, 0.25) is 0 Å². The van der Waals surface area contributed by atoms with Crippen LogP contribution in [0.25, 0.3) is 21.8 Å². The Morgan fingerprint density at radius 2 is 1.25 bits per heavy atom. The molecule has 1 aromatic heterocycles. The van der Waals surface area contributed by atoms with E-state index in [4.69, 9.17) is 5.73 Å². The summed E-state index contributed by atoms with van der Waals surface area (Å²) in [6, 6.07) is 23.1. The van der Waals surface area contributed by atoms with E-state index >= 15 is 0 Å². The molecule has 1 atom stereocenters. The van der Waals surface area contributed by atoms with E-state index in [2.05, 4.69) is 90.5 Å². The van der Waals surface area contributed by atoms with Crippen molar-refractivity contribution < 1.29 is 0 Å². The lowest BCUT2D eigenvalue weighted by Crippen LogP contribution is -2.27. The molecule has 0 amide bonds. The first-order valence-corrected chi connectivity index (χ1v) is 8.23. The number of fused-ring (bicyclic) bond motifs is 3. The van der Waals surface area contributed by atoms with Gasteiger partial charge in [0.05, 0.1) is 11.0 Å². The fourth-order valence-corrected chi connectivity index (χ4v) is 3.51. The summed E-state index contributed by atoms with van der Waals surface area (Å²) in [7, 11) is 0. The summed E-state index contributed by atoms with van der Waals surface area (Å²) in [6.45, 7) is 4.21. The largest absolute Gasteiger partial charge is 0.352 e. The lowest BCUT2D eigenvalue weighted by atomic mass is 10.1. The number of anilines is 1. The molecule has 120 valence electrons. The molecule has 1 heterocycles. The Bertz CT molecular complexity index is 956. The van der Waals surface area contributed by atoms with Crippen molar-refractivity contribution in [1.82, 2.24) is 4.57 Å². The third-order valence-electron chi connectivity index (χ3n) is 4.67. The van der Waals surface area contributed by atoms with E-state index in [9.17, 15) is 0 Å². The third-order valence-corrected chi connectivity index (χ3v) is 4.67. The first-order valence-electron chi connectivity index (χ1n) is 8.23. The van der Waals surface area contributed by atoms with E-state index in [0.29, 0.717) is 0 Å². The van der Waals surface area contributed by atoms with E-state index in [1.54, 1.807) is 0 Å². The van der Waals surface area contributed by atoms with Crippen LogP contribution in [0.5, 0.6) is 0 Å². The van der Waals surface area contributed by atoms with Gasteiger partial charge < -0.3 is 9.88 Å². The number of hydrogen-bond acceptors (Lipinski definition) is 2. The van der Waals surface area contributed by atoms with Gasteiger partial charge in [0.2, 0.25) is 0 Å². The predicted molar refractivity (Wildman–Crippen MR) is 102 cm³/mol. The van der Waals surface area contributed by atoms with Crippen molar-refractivity contribution in [2.45, 2.75) is 20.1 Å². The molecule has 3 nitrogen and oxygen atoms in total. The molecule has 3 N–H and O–H groups in total. The van der Waals surface area contributed by atoms with Gasteiger partial charge in [0, 0.05) is 16.5 Å². The monoisotopic (exact) mass is 315 g/mol. The molecule has 0 radical (unpaired) electrons. The molecule has 0 aliphatic rings.